The Balaban J connectivity index is 1.65. The first-order valence-corrected chi connectivity index (χ1v) is 13.3. The Hall–Kier alpha value is -3.69. The Kier molecular flexibility index (Phi) is 9.51. The van der Waals surface area contributed by atoms with Gasteiger partial charge in [0.1, 0.15) is 17.6 Å². The van der Waals surface area contributed by atoms with Crippen molar-refractivity contribution in [2.24, 2.45) is 0 Å². The molecule has 0 bridgehead atoms. The molecule has 0 heterocycles. The molecule has 0 saturated heterocycles. The summed E-state index contributed by atoms with van der Waals surface area (Å²) < 4.78 is 18.1. The highest BCUT2D eigenvalue weighted by Gasteiger charge is 2.32. The van der Waals surface area contributed by atoms with E-state index in [1.807, 2.05) is 54.6 Å². The van der Waals surface area contributed by atoms with Crippen molar-refractivity contribution in [3.8, 4) is 11.5 Å². The standard InChI is InChI=1S/C29H26BrNO6S/c30-20-13-14-25(32)23(17-20)28(26(15-16-35-27(33)18-38)36-21-9-2-1-3-10-21)37-29(34)31-24-12-6-8-19-7-4-5-11-22(19)24/h1-14,17,26,28,32,38H,15-16,18H2,(H,31,34)/t26-,28-/m0/s1. The van der Waals surface area contributed by atoms with Gasteiger partial charge in [0.05, 0.1) is 18.0 Å². The van der Waals surface area contributed by atoms with Crippen molar-refractivity contribution in [2.45, 2.75) is 18.6 Å². The second kappa shape index (κ2) is 13.2. The van der Waals surface area contributed by atoms with Crippen molar-refractivity contribution < 1.29 is 28.9 Å². The minimum absolute atomic E-state index is 0.00351. The number of aromatic hydroxyl groups is 1. The van der Waals surface area contributed by atoms with Crippen molar-refractivity contribution in [3.63, 3.8) is 0 Å². The first-order chi connectivity index (χ1) is 18.4. The van der Waals surface area contributed by atoms with E-state index in [1.165, 1.54) is 6.07 Å². The maximum absolute atomic E-state index is 13.2. The summed E-state index contributed by atoms with van der Waals surface area (Å²) in [7, 11) is 0. The number of hydrogen-bond acceptors (Lipinski definition) is 7. The van der Waals surface area contributed by atoms with E-state index in [9.17, 15) is 14.7 Å². The molecule has 0 aliphatic rings. The molecule has 0 aliphatic carbocycles. The van der Waals surface area contributed by atoms with Gasteiger partial charge in [-0.25, -0.2) is 4.79 Å². The number of fused-ring (bicyclic) bond motifs is 1. The summed E-state index contributed by atoms with van der Waals surface area (Å²) in [5, 5.41) is 15.4. The molecule has 0 aromatic heterocycles. The number of phenolic OH excluding ortho intramolecular Hbond substituents is 1. The van der Waals surface area contributed by atoms with Gasteiger partial charge >= 0.3 is 12.1 Å². The molecule has 38 heavy (non-hydrogen) atoms. The summed E-state index contributed by atoms with van der Waals surface area (Å²) in [6.45, 7) is -0.00351. The Morgan fingerprint density at radius 1 is 0.947 bits per heavy atom. The zero-order valence-corrected chi connectivity index (χ0v) is 22.7. The van der Waals surface area contributed by atoms with E-state index in [4.69, 9.17) is 14.2 Å². The van der Waals surface area contributed by atoms with E-state index in [0.29, 0.717) is 21.5 Å². The maximum Gasteiger partial charge on any atom is 0.412 e. The lowest BCUT2D eigenvalue weighted by molar-refractivity contribution is -0.141. The second-order valence-electron chi connectivity index (χ2n) is 8.32. The van der Waals surface area contributed by atoms with Crippen LogP contribution in [-0.4, -0.2) is 35.6 Å². The van der Waals surface area contributed by atoms with Crippen molar-refractivity contribution >= 4 is 57.1 Å². The molecule has 4 aromatic rings. The van der Waals surface area contributed by atoms with Gasteiger partial charge in [-0.05, 0) is 41.8 Å². The van der Waals surface area contributed by atoms with Crippen LogP contribution in [0.4, 0.5) is 10.5 Å². The first-order valence-electron chi connectivity index (χ1n) is 11.9. The van der Waals surface area contributed by atoms with Crippen LogP contribution in [0.3, 0.4) is 0 Å². The number of amides is 1. The third-order valence-corrected chi connectivity index (χ3v) is 6.47. The highest BCUT2D eigenvalue weighted by molar-refractivity contribution is 9.10. The van der Waals surface area contributed by atoms with Crippen molar-refractivity contribution in [1.29, 1.82) is 0 Å². The predicted molar refractivity (Wildman–Crippen MR) is 153 cm³/mol. The maximum atomic E-state index is 13.2. The van der Waals surface area contributed by atoms with E-state index >= 15 is 0 Å². The SMILES string of the molecule is O=C(CS)OCC[C@H](Oc1ccccc1)[C@@H](OC(=O)Nc1cccc2ccccc12)c1cc(Br)ccc1O. The zero-order valence-electron chi connectivity index (χ0n) is 20.2. The number of hydrogen-bond donors (Lipinski definition) is 3. The summed E-state index contributed by atoms with van der Waals surface area (Å²) >= 11 is 7.36. The predicted octanol–water partition coefficient (Wildman–Crippen LogP) is 6.91. The zero-order chi connectivity index (χ0) is 26.9. The van der Waals surface area contributed by atoms with Crippen molar-refractivity contribution in [3.05, 3.63) is 101 Å². The molecule has 1 amide bonds. The quantitative estimate of drug-likeness (QED) is 0.136. The largest absolute Gasteiger partial charge is 0.508 e. The molecule has 7 nitrogen and oxygen atoms in total. The summed E-state index contributed by atoms with van der Waals surface area (Å²) in [5.41, 5.74) is 0.905. The molecule has 2 atom stereocenters. The number of carbonyl (C=O) groups excluding carboxylic acids is 2. The van der Waals surface area contributed by atoms with Crippen molar-refractivity contribution in [2.75, 3.05) is 17.7 Å². The molecule has 0 saturated carbocycles. The van der Waals surface area contributed by atoms with Crippen LogP contribution in [0.5, 0.6) is 11.5 Å². The molecule has 196 valence electrons. The normalized spacial score (nSPS) is 12.4. The molecule has 4 rings (SSSR count). The van der Waals surface area contributed by atoms with Crippen LogP contribution in [0.2, 0.25) is 0 Å². The molecule has 0 fully saturated rings. The van der Waals surface area contributed by atoms with Gasteiger partial charge in [0.25, 0.3) is 0 Å². The fourth-order valence-electron chi connectivity index (χ4n) is 3.96. The lowest BCUT2D eigenvalue weighted by Crippen LogP contribution is -2.32. The molecule has 0 aliphatic heterocycles. The van der Waals surface area contributed by atoms with Crippen LogP contribution in [0.25, 0.3) is 10.8 Å². The van der Waals surface area contributed by atoms with Gasteiger partial charge < -0.3 is 19.3 Å². The summed E-state index contributed by atoms with van der Waals surface area (Å²) in [5.74, 6) is -0.103. The molecular formula is C29H26BrNO6S. The van der Waals surface area contributed by atoms with Crippen molar-refractivity contribution in [1.82, 2.24) is 0 Å². The number of carbonyl (C=O) groups is 2. The molecule has 0 unspecified atom stereocenters. The first kappa shape index (κ1) is 27.3. The number of anilines is 1. The average molecular weight is 596 g/mol. The average Bonchev–Trinajstić information content (AvgIpc) is 2.93. The third-order valence-electron chi connectivity index (χ3n) is 5.72. The Labute approximate surface area is 234 Å². The van der Waals surface area contributed by atoms with E-state index in [1.54, 1.807) is 30.3 Å². The molecule has 0 spiro atoms. The van der Waals surface area contributed by atoms with Crippen LogP contribution in [-0.2, 0) is 14.3 Å². The molecule has 0 radical (unpaired) electrons. The molecule has 2 N–H and O–H groups in total. The second-order valence-corrected chi connectivity index (χ2v) is 9.55. The fraction of sp³-hybridized carbons (Fsp3) is 0.172. The molecule has 9 heteroatoms. The van der Waals surface area contributed by atoms with Crippen LogP contribution in [0.1, 0.15) is 18.1 Å². The number of esters is 1. The Morgan fingerprint density at radius 3 is 2.47 bits per heavy atom. The number of rotatable bonds is 10. The van der Waals surface area contributed by atoms with Crippen LogP contribution < -0.4 is 10.1 Å². The lowest BCUT2D eigenvalue weighted by atomic mass is 10.0. The monoisotopic (exact) mass is 595 g/mol. The summed E-state index contributed by atoms with van der Waals surface area (Å²) in [4.78, 5) is 24.9. The third kappa shape index (κ3) is 7.20. The number of para-hydroxylation sites is 1. The lowest BCUT2D eigenvalue weighted by Gasteiger charge is -2.29. The Morgan fingerprint density at radius 2 is 1.68 bits per heavy atom. The fourth-order valence-corrected chi connectivity index (χ4v) is 4.43. The van der Waals surface area contributed by atoms with E-state index in [2.05, 4.69) is 33.9 Å². The topological polar surface area (TPSA) is 94.1 Å². The summed E-state index contributed by atoms with van der Waals surface area (Å²) in [6.07, 6.45) is -2.44. The van der Waals surface area contributed by atoms with Gasteiger partial charge in [0.15, 0.2) is 6.10 Å². The van der Waals surface area contributed by atoms with Gasteiger partial charge in [0, 0.05) is 21.8 Å². The Bertz CT molecular complexity index is 1400. The number of nitrogens with one attached hydrogen (secondary N) is 1. The highest BCUT2D eigenvalue weighted by atomic mass is 79.9. The highest BCUT2D eigenvalue weighted by Crippen LogP contribution is 2.35. The van der Waals surface area contributed by atoms with Gasteiger partial charge in [-0.15, -0.1) is 0 Å². The van der Waals surface area contributed by atoms with E-state index < -0.39 is 24.3 Å². The van der Waals surface area contributed by atoms with Crippen LogP contribution in [0, 0.1) is 0 Å². The van der Waals surface area contributed by atoms with Gasteiger partial charge in [0.2, 0.25) is 0 Å². The van der Waals surface area contributed by atoms with E-state index in [-0.39, 0.29) is 24.5 Å². The van der Waals surface area contributed by atoms with Crippen LogP contribution in [0.15, 0.2) is 95.5 Å². The van der Waals surface area contributed by atoms with E-state index in [0.717, 1.165) is 10.8 Å². The smallest absolute Gasteiger partial charge is 0.412 e. The minimum Gasteiger partial charge on any atom is -0.508 e. The number of benzene rings is 4. The minimum atomic E-state index is -1.06. The number of ether oxygens (including phenoxy) is 3. The number of halogens is 1. The van der Waals surface area contributed by atoms with Gasteiger partial charge in [-0.3, -0.25) is 10.1 Å². The molecular weight excluding hydrogens is 570 g/mol. The summed E-state index contributed by atoms with van der Waals surface area (Å²) in [6, 6.07) is 27.1. The van der Waals surface area contributed by atoms with Crippen LogP contribution >= 0.6 is 28.6 Å². The molecule has 4 aromatic carbocycles. The van der Waals surface area contributed by atoms with Gasteiger partial charge in [-0.1, -0.05) is 70.5 Å². The van der Waals surface area contributed by atoms with Gasteiger partial charge in [-0.2, -0.15) is 12.6 Å². The number of thiol groups is 1. The number of phenols is 1.